The molecule has 2 aromatic rings. The van der Waals surface area contributed by atoms with Crippen molar-refractivity contribution < 1.29 is 9.53 Å². The van der Waals surface area contributed by atoms with Gasteiger partial charge in [-0.2, -0.15) is 0 Å². The number of carbonyl (C=O) groups is 1. The van der Waals surface area contributed by atoms with Crippen LogP contribution in [0.15, 0.2) is 53.5 Å². The van der Waals surface area contributed by atoms with Gasteiger partial charge in [0.25, 0.3) is 0 Å². The minimum atomic E-state index is -0.609. The summed E-state index contributed by atoms with van der Waals surface area (Å²) in [5.41, 5.74) is 2.31. The number of halogens is 2. The predicted octanol–water partition coefficient (Wildman–Crippen LogP) is 4.74. The molecular weight excluding hydrogens is 391 g/mol. The molecule has 1 aliphatic rings. The van der Waals surface area contributed by atoms with Crippen molar-refractivity contribution in [3.05, 3.63) is 69.7 Å². The van der Waals surface area contributed by atoms with Crippen LogP contribution in [0.5, 0.6) is 0 Å². The van der Waals surface area contributed by atoms with Crippen LogP contribution in [0.4, 0.5) is 0 Å². The van der Waals surface area contributed by atoms with Crippen LogP contribution in [0.3, 0.4) is 0 Å². The minimum absolute atomic E-state index is 0.196. The Morgan fingerprint density at radius 2 is 1.92 bits per heavy atom. The van der Waals surface area contributed by atoms with E-state index in [9.17, 15) is 4.79 Å². The van der Waals surface area contributed by atoms with Gasteiger partial charge in [0.05, 0.1) is 16.1 Å². The lowest BCUT2D eigenvalue weighted by Crippen LogP contribution is -2.44. The zero-order valence-corrected chi connectivity index (χ0v) is 16.2. The second kappa shape index (κ2) is 8.16. The van der Waals surface area contributed by atoms with Crippen molar-refractivity contribution in [2.24, 2.45) is 10.9 Å². The standard InChI is InChI=1S/C19H16Cl2N2O2S/c1-11-16(18(24)25-10-12-5-3-2-4-6-12)17(23-19(26)22-11)13-7-8-14(20)15(21)9-13/h2-9,16-17H,10H2,1H3,(H,23,26). The topological polar surface area (TPSA) is 50.7 Å². The first-order valence-electron chi connectivity index (χ1n) is 7.97. The second-order valence-electron chi connectivity index (χ2n) is 5.92. The maximum Gasteiger partial charge on any atom is 0.317 e. The van der Waals surface area contributed by atoms with Gasteiger partial charge < -0.3 is 10.1 Å². The molecule has 0 fully saturated rings. The Labute approximate surface area is 167 Å². The Bertz CT molecular complexity index is 871. The molecule has 0 saturated heterocycles. The first-order valence-corrected chi connectivity index (χ1v) is 9.13. The van der Waals surface area contributed by atoms with Gasteiger partial charge >= 0.3 is 5.97 Å². The lowest BCUT2D eigenvalue weighted by atomic mass is 9.88. The van der Waals surface area contributed by atoms with E-state index >= 15 is 0 Å². The molecule has 2 aromatic carbocycles. The van der Waals surface area contributed by atoms with Gasteiger partial charge in [0.1, 0.15) is 12.5 Å². The molecule has 1 N–H and O–H groups in total. The van der Waals surface area contributed by atoms with Gasteiger partial charge in [0, 0.05) is 5.71 Å². The summed E-state index contributed by atoms with van der Waals surface area (Å²) in [4.78, 5) is 17.0. The molecule has 1 heterocycles. The highest BCUT2D eigenvalue weighted by Gasteiger charge is 2.37. The molecule has 0 amide bonds. The summed E-state index contributed by atoms with van der Waals surface area (Å²) in [5.74, 6) is -0.983. The number of rotatable bonds is 4. The fourth-order valence-corrected chi connectivity index (χ4v) is 3.40. The molecule has 0 spiro atoms. The van der Waals surface area contributed by atoms with Crippen molar-refractivity contribution in [1.29, 1.82) is 0 Å². The number of ether oxygens (including phenoxy) is 1. The highest BCUT2D eigenvalue weighted by Crippen LogP contribution is 2.32. The lowest BCUT2D eigenvalue weighted by molar-refractivity contribution is -0.148. The maximum absolute atomic E-state index is 12.8. The SMILES string of the molecule is CC1=NC(=S)NC(c2ccc(Cl)c(Cl)c2)C1C(=O)OCc1ccccc1. The van der Waals surface area contributed by atoms with Gasteiger partial charge in [-0.05, 0) is 42.4 Å². The van der Waals surface area contributed by atoms with Crippen LogP contribution in [0.1, 0.15) is 24.1 Å². The van der Waals surface area contributed by atoms with Gasteiger partial charge in [-0.1, -0.05) is 59.6 Å². The van der Waals surface area contributed by atoms with E-state index in [0.717, 1.165) is 11.1 Å². The molecule has 1 aliphatic heterocycles. The van der Waals surface area contributed by atoms with Crippen molar-refractivity contribution in [1.82, 2.24) is 5.32 Å². The number of hydrogen-bond donors (Lipinski definition) is 1. The summed E-state index contributed by atoms with van der Waals surface area (Å²) in [6, 6.07) is 14.3. The summed E-state index contributed by atoms with van der Waals surface area (Å²) < 4.78 is 5.52. The number of nitrogens with zero attached hydrogens (tertiary/aromatic N) is 1. The molecule has 3 rings (SSSR count). The maximum atomic E-state index is 12.8. The van der Waals surface area contributed by atoms with Crippen LogP contribution in [0, 0.1) is 5.92 Å². The lowest BCUT2D eigenvalue weighted by Gasteiger charge is -2.31. The molecule has 0 aliphatic carbocycles. The average Bonchev–Trinajstić information content (AvgIpc) is 2.62. The summed E-state index contributed by atoms with van der Waals surface area (Å²) in [6.45, 7) is 1.97. The fourth-order valence-electron chi connectivity index (χ4n) is 2.83. The zero-order valence-electron chi connectivity index (χ0n) is 13.9. The fraction of sp³-hybridized carbons (Fsp3) is 0.211. The number of hydrogen-bond acceptors (Lipinski definition) is 3. The quantitative estimate of drug-likeness (QED) is 0.588. The van der Waals surface area contributed by atoms with E-state index < -0.39 is 12.0 Å². The van der Waals surface area contributed by atoms with Crippen molar-refractivity contribution in [2.75, 3.05) is 0 Å². The predicted molar refractivity (Wildman–Crippen MR) is 108 cm³/mol. The van der Waals surface area contributed by atoms with Crippen LogP contribution < -0.4 is 5.32 Å². The number of nitrogens with one attached hydrogen (secondary N) is 1. The molecule has 0 aromatic heterocycles. The van der Waals surface area contributed by atoms with E-state index in [-0.39, 0.29) is 12.6 Å². The van der Waals surface area contributed by atoms with Gasteiger partial charge in [0.15, 0.2) is 5.11 Å². The Kier molecular flexibility index (Phi) is 5.91. The summed E-state index contributed by atoms with van der Waals surface area (Å²) in [5, 5.41) is 4.26. The molecule has 0 saturated carbocycles. The van der Waals surface area contributed by atoms with E-state index in [1.165, 1.54) is 0 Å². The number of carbonyl (C=O) groups excluding carboxylic acids is 1. The van der Waals surface area contributed by atoms with Crippen molar-refractivity contribution in [3.63, 3.8) is 0 Å². The van der Waals surface area contributed by atoms with Crippen molar-refractivity contribution in [3.8, 4) is 0 Å². The third kappa shape index (κ3) is 4.23. The Balaban J connectivity index is 1.85. The van der Waals surface area contributed by atoms with Gasteiger partial charge in [0.2, 0.25) is 0 Å². The summed E-state index contributed by atoms with van der Waals surface area (Å²) in [7, 11) is 0. The van der Waals surface area contributed by atoms with Crippen LogP contribution in [0.25, 0.3) is 0 Å². The highest BCUT2D eigenvalue weighted by atomic mass is 35.5. The molecule has 26 heavy (non-hydrogen) atoms. The highest BCUT2D eigenvalue weighted by molar-refractivity contribution is 7.80. The number of aliphatic imine (C=N–C) groups is 1. The van der Waals surface area contributed by atoms with Crippen LogP contribution in [0.2, 0.25) is 10.0 Å². The van der Waals surface area contributed by atoms with Crippen molar-refractivity contribution >= 4 is 52.2 Å². The normalized spacial score (nSPS) is 19.5. The van der Waals surface area contributed by atoms with Crippen LogP contribution in [-0.2, 0) is 16.1 Å². The van der Waals surface area contributed by atoms with Crippen LogP contribution >= 0.6 is 35.4 Å². The molecule has 7 heteroatoms. The molecular formula is C19H16Cl2N2O2S. The first-order chi connectivity index (χ1) is 12.5. The third-order valence-corrected chi connectivity index (χ3v) is 5.07. The molecule has 134 valence electrons. The molecule has 0 bridgehead atoms. The zero-order chi connectivity index (χ0) is 18.7. The van der Waals surface area contributed by atoms with Gasteiger partial charge in [-0.3, -0.25) is 4.79 Å². The summed E-state index contributed by atoms with van der Waals surface area (Å²) >= 11 is 17.3. The largest absolute Gasteiger partial charge is 0.460 e. The van der Waals surface area contributed by atoms with Gasteiger partial charge in [-0.25, -0.2) is 4.99 Å². The van der Waals surface area contributed by atoms with Gasteiger partial charge in [-0.15, -0.1) is 0 Å². The van der Waals surface area contributed by atoms with E-state index in [4.69, 9.17) is 40.2 Å². The smallest absolute Gasteiger partial charge is 0.317 e. The number of esters is 1. The van der Waals surface area contributed by atoms with E-state index in [1.807, 2.05) is 36.4 Å². The Morgan fingerprint density at radius 1 is 1.19 bits per heavy atom. The van der Waals surface area contributed by atoms with E-state index in [1.54, 1.807) is 19.1 Å². The third-order valence-electron chi connectivity index (χ3n) is 4.12. The Hall–Kier alpha value is -1.95. The number of benzene rings is 2. The van der Waals surface area contributed by atoms with Crippen LogP contribution in [-0.4, -0.2) is 16.8 Å². The second-order valence-corrected chi connectivity index (χ2v) is 7.13. The number of thiocarbonyl (C=S) groups is 1. The molecule has 2 unspecified atom stereocenters. The molecule has 0 radical (unpaired) electrons. The monoisotopic (exact) mass is 406 g/mol. The summed E-state index contributed by atoms with van der Waals surface area (Å²) in [6.07, 6.45) is 0. The van der Waals surface area contributed by atoms with E-state index in [0.29, 0.717) is 20.9 Å². The average molecular weight is 407 g/mol. The van der Waals surface area contributed by atoms with E-state index in [2.05, 4.69) is 10.3 Å². The van der Waals surface area contributed by atoms with Crippen molar-refractivity contribution in [2.45, 2.75) is 19.6 Å². The minimum Gasteiger partial charge on any atom is -0.460 e. The first kappa shape index (κ1) is 18.8. The Morgan fingerprint density at radius 3 is 2.62 bits per heavy atom. The molecule has 4 nitrogen and oxygen atoms in total. The molecule has 2 atom stereocenters.